The smallest absolute Gasteiger partial charge is 0.196 e. The number of aromatic nitrogens is 6. The van der Waals surface area contributed by atoms with E-state index in [1.54, 1.807) is 13.2 Å². The van der Waals surface area contributed by atoms with E-state index in [1.807, 2.05) is 10.7 Å². The average Bonchev–Trinajstić information content (AvgIpc) is 2.90. The van der Waals surface area contributed by atoms with Crippen LogP contribution in [0, 0.1) is 0 Å². The molecule has 2 heterocycles. The molecule has 7 nitrogen and oxygen atoms in total. The summed E-state index contributed by atoms with van der Waals surface area (Å²) < 4.78 is 1.89. The van der Waals surface area contributed by atoms with Crippen molar-refractivity contribution >= 4 is 0 Å². The lowest BCUT2D eigenvalue weighted by atomic mass is 10.4. The molecule has 17 heavy (non-hydrogen) atoms. The molecule has 0 aromatic carbocycles. The Balaban J connectivity index is 1.98. The summed E-state index contributed by atoms with van der Waals surface area (Å²) >= 11 is 0. The van der Waals surface area contributed by atoms with Crippen molar-refractivity contribution in [2.45, 2.75) is 26.4 Å². The third kappa shape index (κ3) is 3.10. The van der Waals surface area contributed by atoms with Crippen LogP contribution in [0.3, 0.4) is 0 Å². The van der Waals surface area contributed by atoms with Crippen molar-refractivity contribution < 1.29 is 0 Å². The van der Waals surface area contributed by atoms with Crippen LogP contribution in [0.15, 0.2) is 12.3 Å². The Labute approximate surface area is 99.8 Å². The van der Waals surface area contributed by atoms with E-state index in [0.717, 1.165) is 25.2 Å². The van der Waals surface area contributed by atoms with Gasteiger partial charge in [-0.1, -0.05) is 6.92 Å². The maximum atomic E-state index is 4.26. The van der Waals surface area contributed by atoms with Crippen molar-refractivity contribution in [3.8, 4) is 0 Å². The number of aryl methyl sites for hydroxylation is 1. The molecular formula is C10H17N7. The zero-order valence-corrected chi connectivity index (χ0v) is 10.2. The van der Waals surface area contributed by atoms with Crippen LogP contribution in [0.25, 0.3) is 0 Å². The van der Waals surface area contributed by atoms with Gasteiger partial charge >= 0.3 is 0 Å². The first-order valence-electron chi connectivity index (χ1n) is 5.74. The fourth-order valence-corrected chi connectivity index (χ4v) is 1.57. The molecule has 0 saturated carbocycles. The summed E-state index contributed by atoms with van der Waals surface area (Å²) in [5.41, 5.74) is 1.13. The summed E-state index contributed by atoms with van der Waals surface area (Å²) in [7, 11) is 1.75. The summed E-state index contributed by atoms with van der Waals surface area (Å²) in [6, 6.07) is 2.00. The number of rotatable bonds is 6. The van der Waals surface area contributed by atoms with Gasteiger partial charge in [0.25, 0.3) is 0 Å². The van der Waals surface area contributed by atoms with Crippen LogP contribution in [0.4, 0.5) is 0 Å². The van der Waals surface area contributed by atoms with Crippen molar-refractivity contribution in [3.05, 3.63) is 23.8 Å². The Hall–Kier alpha value is -1.76. The summed E-state index contributed by atoms with van der Waals surface area (Å²) in [6.45, 7) is 4.53. The lowest BCUT2D eigenvalue weighted by molar-refractivity contribution is 0.576. The second-order valence-corrected chi connectivity index (χ2v) is 3.85. The van der Waals surface area contributed by atoms with Gasteiger partial charge in [-0.05, 0) is 24.2 Å². The predicted molar refractivity (Wildman–Crippen MR) is 62.1 cm³/mol. The molecule has 0 unspecified atom stereocenters. The molecule has 0 aliphatic carbocycles. The molecule has 0 aliphatic rings. The molecule has 92 valence electrons. The van der Waals surface area contributed by atoms with Gasteiger partial charge in [0.15, 0.2) is 5.82 Å². The second-order valence-electron chi connectivity index (χ2n) is 3.85. The molecule has 0 amide bonds. The summed E-state index contributed by atoms with van der Waals surface area (Å²) in [5, 5.41) is 19.5. The minimum atomic E-state index is 0.560. The molecule has 2 aromatic rings. The SMILES string of the molecule is CCCNCc1ccnn1Cc1nnn(C)n1. The Morgan fingerprint density at radius 2 is 2.29 bits per heavy atom. The highest BCUT2D eigenvalue weighted by atomic mass is 15.6. The van der Waals surface area contributed by atoms with E-state index in [2.05, 4.69) is 32.7 Å². The molecule has 2 aromatic heterocycles. The lowest BCUT2D eigenvalue weighted by Crippen LogP contribution is -2.18. The molecule has 0 aliphatic heterocycles. The molecule has 0 bridgehead atoms. The Kier molecular flexibility index (Phi) is 3.81. The van der Waals surface area contributed by atoms with E-state index < -0.39 is 0 Å². The van der Waals surface area contributed by atoms with E-state index >= 15 is 0 Å². The van der Waals surface area contributed by atoms with Crippen LogP contribution < -0.4 is 5.32 Å². The van der Waals surface area contributed by atoms with Crippen LogP contribution in [0.1, 0.15) is 24.9 Å². The summed E-state index contributed by atoms with van der Waals surface area (Å²) in [5.74, 6) is 0.674. The van der Waals surface area contributed by atoms with E-state index in [-0.39, 0.29) is 0 Å². The molecule has 0 atom stereocenters. The first kappa shape index (κ1) is 11.7. The van der Waals surface area contributed by atoms with Gasteiger partial charge in [-0.2, -0.15) is 9.90 Å². The normalized spacial score (nSPS) is 10.9. The monoisotopic (exact) mass is 235 g/mol. The first-order chi connectivity index (χ1) is 8.29. The number of nitrogens with zero attached hydrogens (tertiary/aromatic N) is 6. The van der Waals surface area contributed by atoms with Crippen LogP contribution in [-0.2, 0) is 20.1 Å². The largest absolute Gasteiger partial charge is 0.311 e. The maximum absolute atomic E-state index is 4.26. The number of nitrogens with one attached hydrogen (secondary N) is 1. The Morgan fingerprint density at radius 1 is 1.41 bits per heavy atom. The third-order valence-electron chi connectivity index (χ3n) is 2.38. The number of hydrogen-bond acceptors (Lipinski definition) is 5. The van der Waals surface area contributed by atoms with Gasteiger partial charge in [-0.15, -0.1) is 10.2 Å². The summed E-state index contributed by atoms with van der Waals surface area (Å²) in [6.07, 6.45) is 2.92. The zero-order valence-electron chi connectivity index (χ0n) is 10.2. The van der Waals surface area contributed by atoms with Gasteiger partial charge in [0, 0.05) is 12.7 Å². The zero-order chi connectivity index (χ0) is 12.1. The van der Waals surface area contributed by atoms with Crippen molar-refractivity contribution in [1.82, 2.24) is 35.3 Å². The van der Waals surface area contributed by atoms with Gasteiger partial charge in [0.05, 0.1) is 12.7 Å². The van der Waals surface area contributed by atoms with E-state index in [1.165, 1.54) is 4.80 Å². The molecular weight excluding hydrogens is 218 g/mol. The highest BCUT2D eigenvalue weighted by Gasteiger charge is 2.06. The molecule has 0 saturated heterocycles. The molecule has 0 radical (unpaired) electrons. The predicted octanol–water partition coefficient (Wildman–Crippen LogP) is -0.0455. The van der Waals surface area contributed by atoms with Crippen LogP contribution >= 0.6 is 0 Å². The highest BCUT2D eigenvalue weighted by Crippen LogP contribution is 2.01. The van der Waals surface area contributed by atoms with Crippen LogP contribution in [-0.4, -0.2) is 36.5 Å². The second kappa shape index (κ2) is 5.53. The van der Waals surface area contributed by atoms with Gasteiger partial charge in [-0.3, -0.25) is 4.68 Å². The van der Waals surface area contributed by atoms with Gasteiger partial charge < -0.3 is 5.32 Å². The van der Waals surface area contributed by atoms with Crippen molar-refractivity contribution in [2.24, 2.45) is 7.05 Å². The van der Waals surface area contributed by atoms with E-state index in [9.17, 15) is 0 Å². The summed E-state index contributed by atoms with van der Waals surface area (Å²) in [4.78, 5) is 1.45. The molecule has 1 N–H and O–H groups in total. The lowest BCUT2D eigenvalue weighted by Gasteiger charge is -2.05. The standard InChI is InChI=1S/C10H17N7/c1-3-5-11-7-9-4-6-12-17(9)8-10-13-15-16(2)14-10/h4,6,11H,3,5,7-8H2,1-2H3. The van der Waals surface area contributed by atoms with Crippen LogP contribution in [0.5, 0.6) is 0 Å². The van der Waals surface area contributed by atoms with E-state index in [0.29, 0.717) is 12.4 Å². The van der Waals surface area contributed by atoms with E-state index in [4.69, 9.17) is 0 Å². The molecule has 7 heteroatoms. The average molecular weight is 235 g/mol. The molecule has 0 spiro atoms. The number of tetrazole rings is 1. The molecule has 2 rings (SSSR count). The quantitative estimate of drug-likeness (QED) is 0.711. The fourth-order valence-electron chi connectivity index (χ4n) is 1.57. The van der Waals surface area contributed by atoms with Crippen molar-refractivity contribution in [2.75, 3.05) is 6.54 Å². The van der Waals surface area contributed by atoms with Crippen LogP contribution in [0.2, 0.25) is 0 Å². The van der Waals surface area contributed by atoms with Gasteiger partial charge in [0.1, 0.15) is 6.54 Å². The fraction of sp³-hybridized carbons (Fsp3) is 0.600. The minimum Gasteiger partial charge on any atom is -0.311 e. The van der Waals surface area contributed by atoms with Gasteiger partial charge in [-0.25, -0.2) is 0 Å². The Bertz CT molecular complexity index is 459. The topological polar surface area (TPSA) is 73.5 Å². The highest BCUT2D eigenvalue weighted by molar-refractivity contribution is 5.01. The minimum absolute atomic E-state index is 0.560. The van der Waals surface area contributed by atoms with Crippen molar-refractivity contribution in [3.63, 3.8) is 0 Å². The van der Waals surface area contributed by atoms with Crippen molar-refractivity contribution in [1.29, 1.82) is 0 Å². The number of hydrogen-bond donors (Lipinski definition) is 1. The third-order valence-corrected chi connectivity index (χ3v) is 2.38. The molecule has 0 fully saturated rings. The Morgan fingerprint density at radius 3 is 3.00 bits per heavy atom. The first-order valence-corrected chi connectivity index (χ1v) is 5.74. The van der Waals surface area contributed by atoms with Gasteiger partial charge in [0.2, 0.25) is 0 Å². The maximum Gasteiger partial charge on any atom is 0.196 e.